The second-order valence-electron chi connectivity index (χ2n) is 4.28. The third kappa shape index (κ3) is 9.79. The van der Waals surface area contributed by atoms with Crippen LogP contribution in [0.3, 0.4) is 0 Å². The molecule has 0 bridgehead atoms. The molecule has 0 heterocycles. The van der Waals surface area contributed by atoms with Crippen molar-refractivity contribution in [3.05, 3.63) is 0 Å². The summed E-state index contributed by atoms with van der Waals surface area (Å²) in [5.74, 6) is 3.67. The highest BCUT2D eigenvalue weighted by molar-refractivity contribution is 8.00. The Kier molecular flexibility index (Phi) is 6.28. The average molecular weight is 199 g/mol. The third-order valence-electron chi connectivity index (χ3n) is 1.63. The summed E-state index contributed by atoms with van der Waals surface area (Å²) in [7, 11) is 0. The highest BCUT2D eigenvalue weighted by Crippen LogP contribution is 2.24. The molecule has 0 saturated heterocycles. The zero-order valence-corrected chi connectivity index (χ0v) is 9.79. The van der Waals surface area contributed by atoms with Crippen LogP contribution in [0.25, 0.3) is 0 Å². The fourth-order valence-electron chi connectivity index (χ4n) is 0.907. The number of rotatable bonds is 5. The topological polar surface area (TPSA) is 26.0 Å². The highest BCUT2D eigenvalue weighted by atomic mass is 32.2. The molecule has 2 N–H and O–H groups in total. The average Bonchev–Trinajstić information content (AvgIpc) is 2.00. The number of hydrogen-bond acceptors (Lipinski definition) is 2. The van der Waals surface area contributed by atoms with Crippen LogP contribution >= 0.6 is 11.8 Å². The molecule has 0 aliphatic rings. The Bertz CT molecular complexity index is 164. The van der Waals surface area contributed by atoms with E-state index < -0.39 is 0 Å². The molecule has 0 aliphatic carbocycles. The monoisotopic (exact) mass is 199 g/mol. The normalized spacial score (nSPS) is 13.8. The zero-order valence-electron chi connectivity index (χ0n) is 8.97. The summed E-state index contributed by atoms with van der Waals surface area (Å²) in [5.41, 5.74) is 5.93. The minimum absolute atomic E-state index is 0.303. The Labute approximate surface area is 86.9 Å². The molecule has 76 valence electrons. The number of terminal acetylenes is 1. The van der Waals surface area contributed by atoms with Crippen LogP contribution in [0.4, 0.5) is 0 Å². The molecule has 1 atom stereocenters. The first kappa shape index (κ1) is 12.9. The zero-order chi connectivity index (χ0) is 10.3. The van der Waals surface area contributed by atoms with Gasteiger partial charge in [0.25, 0.3) is 0 Å². The van der Waals surface area contributed by atoms with Gasteiger partial charge in [0.15, 0.2) is 0 Å². The van der Waals surface area contributed by atoms with Gasteiger partial charge in [-0.2, -0.15) is 11.8 Å². The summed E-state index contributed by atoms with van der Waals surface area (Å²) in [5, 5.41) is 0. The first-order chi connectivity index (χ1) is 5.95. The van der Waals surface area contributed by atoms with Gasteiger partial charge in [0.2, 0.25) is 0 Å². The predicted molar refractivity (Wildman–Crippen MR) is 62.9 cm³/mol. The van der Waals surface area contributed by atoms with Gasteiger partial charge in [-0.15, -0.1) is 12.3 Å². The fraction of sp³-hybridized carbons (Fsp3) is 0.818. The minimum atomic E-state index is 0.303. The van der Waals surface area contributed by atoms with Crippen LogP contribution in [0, 0.1) is 12.3 Å². The van der Waals surface area contributed by atoms with Crippen molar-refractivity contribution >= 4 is 11.8 Å². The molecule has 0 aromatic carbocycles. The van der Waals surface area contributed by atoms with Gasteiger partial charge in [-0.05, 0) is 12.8 Å². The molecule has 0 saturated carbocycles. The van der Waals surface area contributed by atoms with Crippen LogP contribution in [0.5, 0.6) is 0 Å². The smallest absolute Gasteiger partial charge is 0.0130 e. The van der Waals surface area contributed by atoms with E-state index >= 15 is 0 Å². The van der Waals surface area contributed by atoms with Crippen LogP contribution in [0.2, 0.25) is 0 Å². The SMILES string of the molecule is C#CCCCC(N)CSC(C)(C)C. The Hall–Kier alpha value is -0.130. The highest BCUT2D eigenvalue weighted by Gasteiger charge is 2.12. The summed E-state index contributed by atoms with van der Waals surface area (Å²) in [6, 6.07) is 0.303. The molecule has 0 rings (SSSR count). The summed E-state index contributed by atoms with van der Waals surface area (Å²) in [6.07, 6.45) is 8.12. The second-order valence-corrected chi connectivity index (χ2v) is 6.13. The number of unbranched alkanes of at least 4 members (excludes halogenated alkanes) is 1. The molecule has 0 aliphatic heterocycles. The molecule has 2 heteroatoms. The van der Waals surface area contributed by atoms with Crippen LogP contribution < -0.4 is 5.73 Å². The molecule has 0 aromatic heterocycles. The first-order valence-corrected chi connectivity index (χ1v) is 5.77. The lowest BCUT2D eigenvalue weighted by molar-refractivity contribution is 0.638. The summed E-state index contributed by atoms with van der Waals surface area (Å²) >= 11 is 1.92. The van der Waals surface area contributed by atoms with Gasteiger partial charge in [-0.1, -0.05) is 20.8 Å². The predicted octanol–water partition coefficient (Wildman–Crippen LogP) is 2.65. The fourth-order valence-corrected chi connectivity index (χ4v) is 1.79. The van der Waals surface area contributed by atoms with Crippen LogP contribution in [-0.4, -0.2) is 16.5 Å². The maximum Gasteiger partial charge on any atom is 0.0130 e. The lowest BCUT2D eigenvalue weighted by Gasteiger charge is -2.20. The lowest BCUT2D eigenvalue weighted by atomic mass is 10.1. The van der Waals surface area contributed by atoms with Gasteiger partial charge >= 0.3 is 0 Å². The molecule has 1 nitrogen and oxygen atoms in total. The molecule has 0 aromatic rings. The Balaban J connectivity index is 3.42. The van der Waals surface area contributed by atoms with Crippen molar-refractivity contribution in [2.24, 2.45) is 5.73 Å². The van der Waals surface area contributed by atoms with E-state index in [0.29, 0.717) is 10.8 Å². The van der Waals surface area contributed by atoms with Crippen molar-refractivity contribution in [1.82, 2.24) is 0 Å². The summed E-state index contributed by atoms with van der Waals surface area (Å²) < 4.78 is 0.323. The maximum atomic E-state index is 5.93. The standard InChI is InChI=1S/C11H21NS/c1-5-6-7-8-10(12)9-13-11(2,3)4/h1,10H,6-9,12H2,2-4H3. The van der Waals surface area contributed by atoms with Gasteiger partial charge < -0.3 is 5.73 Å². The molecular formula is C11H21NS. The lowest BCUT2D eigenvalue weighted by Crippen LogP contribution is -2.25. The first-order valence-electron chi connectivity index (χ1n) is 4.78. The van der Waals surface area contributed by atoms with Gasteiger partial charge in [-0.3, -0.25) is 0 Å². The van der Waals surface area contributed by atoms with Gasteiger partial charge in [-0.25, -0.2) is 0 Å². The molecule has 0 fully saturated rings. The second kappa shape index (κ2) is 6.34. The van der Waals surface area contributed by atoms with E-state index in [4.69, 9.17) is 12.2 Å². The van der Waals surface area contributed by atoms with Crippen LogP contribution in [-0.2, 0) is 0 Å². The Morgan fingerprint density at radius 2 is 2.08 bits per heavy atom. The van der Waals surface area contributed by atoms with E-state index in [2.05, 4.69) is 26.7 Å². The van der Waals surface area contributed by atoms with Crippen LogP contribution in [0.1, 0.15) is 40.0 Å². The molecule has 1 unspecified atom stereocenters. The molecule has 13 heavy (non-hydrogen) atoms. The van der Waals surface area contributed by atoms with Crippen molar-refractivity contribution in [3.8, 4) is 12.3 Å². The molecule has 0 amide bonds. The Morgan fingerprint density at radius 1 is 1.46 bits per heavy atom. The van der Waals surface area contributed by atoms with Gasteiger partial charge in [0.1, 0.15) is 0 Å². The van der Waals surface area contributed by atoms with E-state index in [-0.39, 0.29) is 0 Å². The van der Waals surface area contributed by atoms with E-state index in [1.165, 1.54) is 0 Å². The van der Waals surface area contributed by atoms with Crippen molar-refractivity contribution in [1.29, 1.82) is 0 Å². The number of nitrogens with two attached hydrogens (primary N) is 1. The van der Waals surface area contributed by atoms with E-state index in [0.717, 1.165) is 25.0 Å². The van der Waals surface area contributed by atoms with E-state index in [9.17, 15) is 0 Å². The van der Waals surface area contributed by atoms with Crippen molar-refractivity contribution in [2.45, 2.75) is 50.8 Å². The molecule has 0 spiro atoms. The molecular weight excluding hydrogens is 178 g/mol. The van der Waals surface area contributed by atoms with Gasteiger partial charge in [0.05, 0.1) is 0 Å². The van der Waals surface area contributed by atoms with E-state index in [1.54, 1.807) is 0 Å². The number of thioether (sulfide) groups is 1. The largest absolute Gasteiger partial charge is 0.327 e. The number of hydrogen-bond donors (Lipinski definition) is 1. The Morgan fingerprint density at radius 3 is 2.54 bits per heavy atom. The summed E-state index contributed by atoms with van der Waals surface area (Å²) in [6.45, 7) is 6.64. The maximum absolute atomic E-state index is 5.93. The van der Waals surface area contributed by atoms with Crippen LogP contribution in [0.15, 0.2) is 0 Å². The van der Waals surface area contributed by atoms with Gasteiger partial charge in [0, 0.05) is 23.0 Å². The van der Waals surface area contributed by atoms with Crippen molar-refractivity contribution in [2.75, 3.05) is 5.75 Å². The van der Waals surface area contributed by atoms with E-state index in [1.807, 2.05) is 11.8 Å². The summed E-state index contributed by atoms with van der Waals surface area (Å²) in [4.78, 5) is 0. The quantitative estimate of drug-likeness (QED) is 0.544. The third-order valence-corrected chi connectivity index (χ3v) is 3.09. The molecule has 0 radical (unpaired) electrons. The van der Waals surface area contributed by atoms with Crippen molar-refractivity contribution < 1.29 is 0 Å². The minimum Gasteiger partial charge on any atom is -0.327 e. The van der Waals surface area contributed by atoms with Crippen molar-refractivity contribution in [3.63, 3.8) is 0 Å².